The minimum Gasteiger partial charge on any atom is -0.343 e. The van der Waals surface area contributed by atoms with Crippen LogP contribution in [0.1, 0.15) is 15.9 Å². The first-order valence-corrected chi connectivity index (χ1v) is 7.10. The quantitative estimate of drug-likeness (QED) is 0.892. The van der Waals surface area contributed by atoms with Crippen molar-refractivity contribution >= 4 is 33.4 Å². The van der Waals surface area contributed by atoms with Crippen molar-refractivity contribution in [1.29, 1.82) is 0 Å². The summed E-state index contributed by atoms with van der Waals surface area (Å²) in [5.41, 5.74) is 2.18. The van der Waals surface area contributed by atoms with Gasteiger partial charge in [-0.15, -0.1) is 0 Å². The molecule has 0 bridgehead atoms. The summed E-state index contributed by atoms with van der Waals surface area (Å²) < 4.78 is 0.916. The van der Waals surface area contributed by atoms with Crippen molar-refractivity contribution in [2.45, 2.75) is 6.92 Å². The van der Waals surface area contributed by atoms with Crippen molar-refractivity contribution in [2.75, 3.05) is 11.9 Å². The standard InChI is InChI=1S/C15H14BrN3O2/c1-10-4-5-12(7-13(10)16)19-14(20)9-18-15(21)11-3-2-6-17-8-11/h2-8H,9H2,1H3,(H,18,21)(H,19,20). The second kappa shape index (κ2) is 6.99. The number of rotatable bonds is 4. The molecule has 1 aromatic heterocycles. The minimum atomic E-state index is -0.330. The van der Waals surface area contributed by atoms with E-state index in [1.54, 1.807) is 24.4 Å². The van der Waals surface area contributed by atoms with E-state index < -0.39 is 0 Å². The minimum absolute atomic E-state index is 0.0980. The Labute approximate surface area is 130 Å². The zero-order valence-electron chi connectivity index (χ0n) is 11.4. The number of hydrogen-bond acceptors (Lipinski definition) is 3. The SMILES string of the molecule is Cc1ccc(NC(=O)CNC(=O)c2cccnc2)cc1Br. The molecular formula is C15H14BrN3O2. The molecule has 0 saturated heterocycles. The third-order valence-electron chi connectivity index (χ3n) is 2.79. The van der Waals surface area contributed by atoms with Crippen LogP contribution in [0.2, 0.25) is 0 Å². The highest BCUT2D eigenvalue weighted by Crippen LogP contribution is 2.20. The Morgan fingerprint density at radius 2 is 2.10 bits per heavy atom. The van der Waals surface area contributed by atoms with Crippen LogP contribution in [0.25, 0.3) is 0 Å². The van der Waals surface area contributed by atoms with Crippen molar-refractivity contribution < 1.29 is 9.59 Å². The summed E-state index contributed by atoms with van der Waals surface area (Å²) >= 11 is 3.40. The van der Waals surface area contributed by atoms with Crippen LogP contribution in [0.3, 0.4) is 0 Å². The second-order valence-corrected chi connectivity index (χ2v) is 5.29. The van der Waals surface area contributed by atoms with Crippen molar-refractivity contribution in [3.05, 3.63) is 58.3 Å². The van der Waals surface area contributed by atoms with Crippen molar-refractivity contribution in [2.24, 2.45) is 0 Å². The molecule has 0 unspecified atom stereocenters. The van der Waals surface area contributed by atoms with Gasteiger partial charge in [0.15, 0.2) is 0 Å². The number of amides is 2. The molecule has 108 valence electrons. The van der Waals surface area contributed by atoms with Crippen LogP contribution in [-0.4, -0.2) is 23.3 Å². The monoisotopic (exact) mass is 347 g/mol. The summed E-state index contributed by atoms with van der Waals surface area (Å²) in [4.78, 5) is 27.4. The topological polar surface area (TPSA) is 71.1 Å². The lowest BCUT2D eigenvalue weighted by atomic mass is 10.2. The Bertz CT molecular complexity index is 659. The van der Waals surface area contributed by atoms with E-state index >= 15 is 0 Å². The van der Waals surface area contributed by atoms with Crippen LogP contribution in [0.5, 0.6) is 0 Å². The van der Waals surface area contributed by atoms with E-state index in [1.165, 1.54) is 6.20 Å². The van der Waals surface area contributed by atoms with E-state index in [9.17, 15) is 9.59 Å². The molecule has 0 saturated carbocycles. The predicted octanol–water partition coefficient (Wildman–Crippen LogP) is 2.52. The zero-order chi connectivity index (χ0) is 15.2. The Hall–Kier alpha value is -2.21. The highest BCUT2D eigenvalue weighted by Gasteiger charge is 2.08. The molecule has 0 atom stereocenters. The normalized spacial score (nSPS) is 10.0. The van der Waals surface area contributed by atoms with Gasteiger partial charge < -0.3 is 10.6 Å². The number of carbonyl (C=O) groups is 2. The van der Waals surface area contributed by atoms with Crippen LogP contribution < -0.4 is 10.6 Å². The van der Waals surface area contributed by atoms with E-state index in [0.717, 1.165) is 10.0 Å². The third-order valence-corrected chi connectivity index (χ3v) is 3.64. The summed E-state index contributed by atoms with van der Waals surface area (Å²) in [6.45, 7) is 1.86. The Balaban J connectivity index is 1.87. The van der Waals surface area contributed by atoms with Crippen LogP contribution in [0.4, 0.5) is 5.69 Å². The number of nitrogens with zero attached hydrogens (tertiary/aromatic N) is 1. The number of pyridine rings is 1. The number of halogens is 1. The van der Waals surface area contributed by atoms with Crippen LogP contribution in [0, 0.1) is 6.92 Å². The van der Waals surface area contributed by atoms with Gasteiger partial charge in [-0.25, -0.2) is 0 Å². The second-order valence-electron chi connectivity index (χ2n) is 4.44. The molecule has 2 rings (SSSR count). The number of benzene rings is 1. The molecule has 0 fully saturated rings. The lowest BCUT2D eigenvalue weighted by Gasteiger charge is -2.08. The van der Waals surface area contributed by atoms with E-state index in [2.05, 4.69) is 31.5 Å². The molecule has 0 aliphatic heterocycles. The highest BCUT2D eigenvalue weighted by atomic mass is 79.9. The summed E-state index contributed by atoms with van der Waals surface area (Å²) in [7, 11) is 0. The number of hydrogen-bond donors (Lipinski definition) is 2. The average Bonchev–Trinajstić information content (AvgIpc) is 2.49. The van der Waals surface area contributed by atoms with Crippen molar-refractivity contribution in [3.63, 3.8) is 0 Å². The number of carbonyl (C=O) groups excluding carboxylic acids is 2. The number of aromatic nitrogens is 1. The van der Waals surface area contributed by atoms with E-state index in [0.29, 0.717) is 11.3 Å². The van der Waals surface area contributed by atoms with Crippen LogP contribution >= 0.6 is 15.9 Å². The molecule has 0 aliphatic rings. The van der Waals surface area contributed by atoms with E-state index in [4.69, 9.17) is 0 Å². The molecule has 21 heavy (non-hydrogen) atoms. The molecule has 0 radical (unpaired) electrons. The van der Waals surface area contributed by atoms with Crippen molar-refractivity contribution in [3.8, 4) is 0 Å². The molecule has 6 heteroatoms. The first-order valence-electron chi connectivity index (χ1n) is 6.30. The third kappa shape index (κ3) is 4.39. The number of anilines is 1. The zero-order valence-corrected chi connectivity index (χ0v) is 13.0. The molecule has 1 aromatic carbocycles. The molecule has 5 nitrogen and oxygen atoms in total. The fourth-order valence-electron chi connectivity index (χ4n) is 1.64. The van der Waals surface area contributed by atoms with Gasteiger partial charge in [0, 0.05) is 22.6 Å². The van der Waals surface area contributed by atoms with Gasteiger partial charge in [-0.1, -0.05) is 22.0 Å². The number of aryl methyl sites for hydroxylation is 1. The lowest BCUT2D eigenvalue weighted by Crippen LogP contribution is -2.32. The first kappa shape index (κ1) is 15.2. The fourth-order valence-corrected chi connectivity index (χ4v) is 2.01. The maximum Gasteiger partial charge on any atom is 0.253 e. The molecule has 2 aromatic rings. The lowest BCUT2D eigenvalue weighted by molar-refractivity contribution is -0.115. The first-order chi connectivity index (χ1) is 10.1. The van der Waals surface area contributed by atoms with Crippen LogP contribution in [-0.2, 0) is 4.79 Å². The summed E-state index contributed by atoms with van der Waals surface area (Å²) in [5.74, 6) is -0.619. The van der Waals surface area contributed by atoms with E-state index in [-0.39, 0.29) is 18.4 Å². The van der Waals surface area contributed by atoms with Gasteiger partial charge in [0.25, 0.3) is 5.91 Å². The fraction of sp³-hybridized carbons (Fsp3) is 0.133. The Kier molecular flexibility index (Phi) is 5.05. The highest BCUT2D eigenvalue weighted by molar-refractivity contribution is 9.10. The van der Waals surface area contributed by atoms with E-state index in [1.807, 2.05) is 19.1 Å². The largest absolute Gasteiger partial charge is 0.343 e. The summed E-state index contributed by atoms with van der Waals surface area (Å²) in [6, 6.07) is 8.82. The van der Waals surface area contributed by atoms with Gasteiger partial charge in [-0.3, -0.25) is 14.6 Å². The van der Waals surface area contributed by atoms with Gasteiger partial charge in [0.2, 0.25) is 5.91 Å². The van der Waals surface area contributed by atoms with Gasteiger partial charge in [-0.05, 0) is 36.8 Å². The molecule has 0 aliphatic carbocycles. The average molecular weight is 348 g/mol. The smallest absolute Gasteiger partial charge is 0.253 e. The summed E-state index contributed by atoms with van der Waals surface area (Å²) in [6.07, 6.45) is 3.03. The van der Waals surface area contributed by atoms with Gasteiger partial charge in [-0.2, -0.15) is 0 Å². The molecule has 2 amide bonds. The van der Waals surface area contributed by atoms with Gasteiger partial charge >= 0.3 is 0 Å². The maximum atomic E-state index is 11.8. The maximum absolute atomic E-state index is 11.8. The molecule has 0 spiro atoms. The van der Waals surface area contributed by atoms with Gasteiger partial charge in [0.1, 0.15) is 0 Å². The molecule has 2 N–H and O–H groups in total. The van der Waals surface area contributed by atoms with Crippen LogP contribution in [0.15, 0.2) is 47.2 Å². The predicted molar refractivity (Wildman–Crippen MR) is 84.1 cm³/mol. The molecule has 1 heterocycles. The Morgan fingerprint density at radius 1 is 1.29 bits per heavy atom. The summed E-state index contributed by atoms with van der Waals surface area (Å²) in [5, 5.41) is 5.26. The molecular weight excluding hydrogens is 334 g/mol. The van der Waals surface area contributed by atoms with Crippen molar-refractivity contribution in [1.82, 2.24) is 10.3 Å². The van der Waals surface area contributed by atoms with Gasteiger partial charge in [0.05, 0.1) is 12.1 Å². The number of nitrogens with one attached hydrogen (secondary N) is 2. The Morgan fingerprint density at radius 3 is 2.76 bits per heavy atom.